The lowest BCUT2D eigenvalue weighted by atomic mass is 10.0. The van der Waals surface area contributed by atoms with Crippen molar-refractivity contribution in [2.45, 2.75) is 57.1 Å². The van der Waals surface area contributed by atoms with Gasteiger partial charge in [-0.2, -0.15) is 0 Å². The van der Waals surface area contributed by atoms with E-state index >= 15 is 0 Å². The number of anilines is 1. The molecule has 2 amide bonds. The molecule has 0 saturated heterocycles. The van der Waals surface area contributed by atoms with Crippen LogP contribution >= 0.6 is 11.6 Å². The number of hydrogen-bond acceptors (Lipinski definition) is 5. The van der Waals surface area contributed by atoms with Gasteiger partial charge in [0.2, 0.25) is 11.8 Å². The zero-order valence-electron chi connectivity index (χ0n) is 26.7. The van der Waals surface area contributed by atoms with Crippen molar-refractivity contribution in [1.29, 1.82) is 0 Å². The molecule has 4 aromatic rings. The number of carbonyl (C=O) groups is 2. The number of aryl methyl sites for hydroxylation is 1. The number of benzene rings is 4. The van der Waals surface area contributed by atoms with Gasteiger partial charge in [0.15, 0.2) is 0 Å². The number of sulfonamides is 1. The predicted molar refractivity (Wildman–Crippen MR) is 183 cm³/mol. The molecule has 0 spiro atoms. The van der Waals surface area contributed by atoms with Crippen molar-refractivity contribution in [2.24, 2.45) is 0 Å². The largest absolute Gasteiger partial charge is 0.497 e. The first-order valence-electron chi connectivity index (χ1n) is 14.9. The quantitative estimate of drug-likeness (QED) is 0.189. The van der Waals surface area contributed by atoms with Gasteiger partial charge in [-0.3, -0.25) is 13.9 Å². The molecule has 0 radical (unpaired) electrons. The number of amides is 2. The van der Waals surface area contributed by atoms with E-state index in [1.807, 2.05) is 63.2 Å². The first-order valence-corrected chi connectivity index (χ1v) is 16.7. The molecule has 0 heterocycles. The van der Waals surface area contributed by atoms with Crippen LogP contribution in [0.3, 0.4) is 0 Å². The fraction of sp³-hybridized carbons (Fsp3) is 0.278. The molecule has 0 bridgehead atoms. The number of hydrogen-bond donors (Lipinski definition) is 1. The molecule has 0 unspecified atom stereocenters. The van der Waals surface area contributed by atoms with E-state index in [0.29, 0.717) is 22.0 Å². The maximum atomic E-state index is 14.6. The van der Waals surface area contributed by atoms with Crippen LogP contribution in [0.25, 0.3) is 0 Å². The van der Waals surface area contributed by atoms with Crippen LogP contribution in [-0.2, 0) is 32.6 Å². The Morgan fingerprint density at radius 1 is 0.870 bits per heavy atom. The maximum Gasteiger partial charge on any atom is 0.264 e. The molecule has 4 rings (SSSR count). The topological polar surface area (TPSA) is 96.0 Å². The summed E-state index contributed by atoms with van der Waals surface area (Å²) in [6.07, 6.45) is 0.215. The minimum atomic E-state index is -4.23. The summed E-state index contributed by atoms with van der Waals surface area (Å²) in [5.74, 6) is -0.306. The van der Waals surface area contributed by atoms with E-state index in [-0.39, 0.29) is 23.8 Å². The number of nitrogens with zero attached hydrogens (tertiary/aromatic N) is 2. The van der Waals surface area contributed by atoms with E-state index in [9.17, 15) is 18.0 Å². The molecule has 1 N–H and O–H groups in total. The summed E-state index contributed by atoms with van der Waals surface area (Å²) in [7, 11) is -2.68. The minimum Gasteiger partial charge on any atom is -0.497 e. The fourth-order valence-corrected chi connectivity index (χ4v) is 6.67. The number of halogens is 1. The number of methoxy groups -OCH3 is 1. The number of ether oxygens (including phenoxy) is 1. The second kappa shape index (κ2) is 14.8. The molecule has 0 aliphatic rings. The minimum absolute atomic E-state index is 0.0152. The van der Waals surface area contributed by atoms with Crippen LogP contribution in [0.2, 0.25) is 5.02 Å². The SMILES string of the molecule is COc1cccc(CN(C(=O)CN(c2ccccc2C)S(=O)(=O)c2ccc(Cl)cc2)[C@H](Cc2ccccc2)C(=O)NC(C)(C)C)c1. The van der Waals surface area contributed by atoms with E-state index in [1.54, 1.807) is 50.4 Å². The van der Waals surface area contributed by atoms with Crippen molar-refractivity contribution in [3.8, 4) is 5.75 Å². The van der Waals surface area contributed by atoms with Gasteiger partial charge in [0.25, 0.3) is 10.0 Å². The molecule has 0 saturated carbocycles. The lowest BCUT2D eigenvalue weighted by Gasteiger charge is -2.35. The van der Waals surface area contributed by atoms with Gasteiger partial charge >= 0.3 is 0 Å². The molecule has 4 aromatic carbocycles. The Morgan fingerprint density at radius 3 is 2.13 bits per heavy atom. The normalized spacial score (nSPS) is 12.2. The first kappa shape index (κ1) is 34.5. The van der Waals surface area contributed by atoms with Gasteiger partial charge in [-0.15, -0.1) is 0 Å². The summed E-state index contributed by atoms with van der Waals surface area (Å²) >= 11 is 6.07. The van der Waals surface area contributed by atoms with Gasteiger partial charge < -0.3 is 15.0 Å². The zero-order chi connectivity index (χ0) is 33.5. The summed E-state index contributed by atoms with van der Waals surface area (Å²) < 4.78 is 34.9. The Morgan fingerprint density at radius 2 is 1.50 bits per heavy atom. The third-order valence-corrected chi connectivity index (χ3v) is 9.35. The molecule has 1 atom stereocenters. The zero-order valence-corrected chi connectivity index (χ0v) is 28.3. The van der Waals surface area contributed by atoms with Gasteiger partial charge in [0.1, 0.15) is 18.3 Å². The van der Waals surface area contributed by atoms with Gasteiger partial charge in [0, 0.05) is 23.5 Å². The van der Waals surface area contributed by atoms with E-state index in [0.717, 1.165) is 15.4 Å². The molecular formula is C36H40ClN3O5S. The molecule has 242 valence electrons. The third-order valence-electron chi connectivity index (χ3n) is 7.32. The van der Waals surface area contributed by atoms with Crippen LogP contribution in [0.5, 0.6) is 5.75 Å². The monoisotopic (exact) mass is 661 g/mol. The van der Waals surface area contributed by atoms with Gasteiger partial charge in [-0.05, 0) is 86.8 Å². The number of carbonyl (C=O) groups excluding carboxylic acids is 2. The van der Waals surface area contributed by atoms with Gasteiger partial charge in [-0.1, -0.05) is 72.3 Å². The highest BCUT2D eigenvalue weighted by molar-refractivity contribution is 7.92. The lowest BCUT2D eigenvalue weighted by molar-refractivity contribution is -0.140. The molecule has 46 heavy (non-hydrogen) atoms. The second-order valence-corrected chi connectivity index (χ2v) is 14.4. The Bertz CT molecular complexity index is 1760. The average molecular weight is 662 g/mol. The molecule has 0 aliphatic carbocycles. The van der Waals surface area contributed by atoms with Gasteiger partial charge in [-0.25, -0.2) is 8.42 Å². The van der Waals surface area contributed by atoms with Crippen LogP contribution in [0.4, 0.5) is 5.69 Å². The molecule has 0 aromatic heterocycles. The Labute approximate surface area is 277 Å². The highest BCUT2D eigenvalue weighted by Gasteiger charge is 2.36. The van der Waals surface area contributed by atoms with Crippen molar-refractivity contribution < 1.29 is 22.7 Å². The van der Waals surface area contributed by atoms with Crippen LogP contribution in [0.15, 0.2) is 108 Å². The van der Waals surface area contributed by atoms with Crippen LogP contribution in [-0.4, -0.2) is 50.4 Å². The highest BCUT2D eigenvalue weighted by atomic mass is 35.5. The number of nitrogens with one attached hydrogen (secondary N) is 1. The van der Waals surface area contributed by atoms with E-state index in [4.69, 9.17) is 16.3 Å². The lowest BCUT2D eigenvalue weighted by Crippen LogP contribution is -2.56. The van der Waals surface area contributed by atoms with E-state index in [1.165, 1.54) is 29.2 Å². The van der Waals surface area contributed by atoms with Crippen LogP contribution < -0.4 is 14.4 Å². The van der Waals surface area contributed by atoms with Crippen LogP contribution in [0, 0.1) is 6.92 Å². The maximum absolute atomic E-state index is 14.6. The molecular weight excluding hydrogens is 622 g/mol. The highest BCUT2D eigenvalue weighted by Crippen LogP contribution is 2.28. The molecule has 0 aliphatic heterocycles. The van der Waals surface area contributed by atoms with Crippen molar-refractivity contribution in [3.05, 3.63) is 125 Å². The predicted octanol–water partition coefficient (Wildman–Crippen LogP) is 6.41. The van der Waals surface area contributed by atoms with Gasteiger partial charge in [0.05, 0.1) is 17.7 Å². The molecule has 8 nitrogen and oxygen atoms in total. The molecule has 10 heteroatoms. The third kappa shape index (κ3) is 8.89. The second-order valence-electron chi connectivity index (χ2n) is 12.1. The summed E-state index contributed by atoms with van der Waals surface area (Å²) in [6.45, 7) is 6.89. The first-order chi connectivity index (χ1) is 21.8. The van der Waals surface area contributed by atoms with E-state index < -0.39 is 34.1 Å². The number of para-hydroxylation sites is 1. The van der Waals surface area contributed by atoms with Crippen molar-refractivity contribution in [1.82, 2.24) is 10.2 Å². The summed E-state index contributed by atoms with van der Waals surface area (Å²) in [5, 5.41) is 3.42. The Kier molecular flexibility index (Phi) is 11.1. The summed E-state index contributed by atoms with van der Waals surface area (Å²) in [4.78, 5) is 30.1. The standard InChI is InChI=1S/C36H40ClN3O5S/c1-26-12-9-10-17-32(26)40(46(43,44)31-20-18-29(37)19-21-31)25-34(41)39(24-28-15-11-16-30(22-28)45-5)33(35(42)38-36(2,3)4)23-27-13-7-6-8-14-27/h6-22,33H,23-25H2,1-5H3,(H,38,42)/t33-/m1/s1. The average Bonchev–Trinajstić information content (AvgIpc) is 3.01. The Balaban J connectivity index is 1.84. The smallest absolute Gasteiger partial charge is 0.264 e. The van der Waals surface area contributed by atoms with Crippen LogP contribution in [0.1, 0.15) is 37.5 Å². The number of rotatable bonds is 12. The van der Waals surface area contributed by atoms with E-state index in [2.05, 4.69) is 5.32 Å². The van der Waals surface area contributed by atoms with Crippen molar-refractivity contribution in [3.63, 3.8) is 0 Å². The van der Waals surface area contributed by atoms with Crippen molar-refractivity contribution in [2.75, 3.05) is 18.0 Å². The summed E-state index contributed by atoms with van der Waals surface area (Å²) in [6, 6.07) is 28.5. The Hall–Kier alpha value is -4.34. The molecule has 0 fully saturated rings. The fourth-order valence-electron chi connectivity index (χ4n) is 5.06. The summed E-state index contributed by atoms with van der Waals surface area (Å²) in [5.41, 5.74) is 2.01. The van der Waals surface area contributed by atoms with Crippen molar-refractivity contribution >= 4 is 39.1 Å².